The zero-order chi connectivity index (χ0) is 11.8. The van der Waals surface area contributed by atoms with Gasteiger partial charge in [0.2, 0.25) is 0 Å². The zero-order valence-electron chi connectivity index (χ0n) is 10.2. The van der Waals surface area contributed by atoms with Crippen molar-refractivity contribution in [3.05, 3.63) is 34.9 Å². The van der Waals surface area contributed by atoms with Crippen LogP contribution in [0, 0.1) is 13.8 Å². The molecule has 0 radical (unpaired) electrons. The third kappa shape index (κ3) is 1.73. The molecule has 0 spiro atoms. The Morgan fingerprint density at radius 3 is 2.62 bits per heavy atom. The van der Waals surface area contributed by atoms with Gasteiger partial charge in [-0.15, -0.1) is 0 Å². The van der Waals surface area contributed by atoms with Crippen molar-refractivity contribution in [2.75, 3.05) is 6.61 Å². The van der Waals surface area contributed by atoms with Gasteiger partial charge in [-0.2, -0.15) is 0 Å². The molecule has 16 heavy (non-hydrogen) atoms. The van der Waals surface area contributed by atoms with Gasteiger partial charge in [-0.05, 0) is 44.7 Å². The Morgan fingerprint density at radius 1 is 1.38 bits per heavy atom. The van der Waals surface area contributed by atoms with E-state index in [1.54, 1.807) is 0 Å². The van der Waals surface area contributed by atoms with Crippen molar-refractivity contribution in [2.24, 2.45) is 0 Å². The summed E-state index contributed by atoms with van der Waals surface area (Å²) < 4.78 is 5.18. The van der Waals surface area contributed by atoms with Crippen molar-refractivity contribution >= 4 is 5.97 Å². The molecule has 0 atom stereocenters. The van der Waals surface area contributed by atoms with Crippen molar-refractivity contribution in [1.29, 1.82) is 0 Å². The highest BCUT2D eigenvalue weighted by atomic mass is 16.5. The highest BCUT2D eigenvalue weighted by molar-refractivity contribution is 5.87. The molecule has 0 N–H and O–H groups in total. The fourth-order valence-electron chi connectivity index (χ4n) is 2.23. The fourth-order valence-corrected chi connectivity index (χ4v) is 2.23. The highest BCUT2D eigenvalue weighted by Crippen LogP contribution is 2.50. The molecule has 0 aromatic heterocycles. The van der Waals surface area contributed by atoms with Gasteiger partial charge < -0.3 is 4.74 Å². The minimum absolute atomic E-state index is 0.0521. The summed E-state index contributed by atoms with van der Waals surface area (Å²) >= 11 is 0. The fraction of sp³-hybridized carbons (Fsp3) is 0.500. The summed E-state index contributed by atoms with van der Waals surface area (Å²) in [7, 11) is 0. The van der Waals surface area contributed by atoms with E-state index >= 15 is 0 Å². The lowest BCUT2D eigenvalue weighted by Crippen LogP contribution is -2.24. The molecule has 1 saturated carbocycles. The maximum atomic E-state index is 12.0. The topological polar surface area (TPSA) is 26.3 Å². The van der Waals surface area contributed by atoms with E-state index in [4.69, 9.17) is 4.74 Å². The monoisotopic (exact) mass is 218 g/mol. The van der Waals surface area contributed by atoms with Crippen molar-refractivity contribution in [3.8, 4) is 0 Å². The SMILES string of the molecule is CCOC(=O)C1(c2cc(C)ccc2C)CC1. The molecule has 1 aromatic rings. The maximum absolute atomic E-state index is 12.0. The number of carbonyl (C=O) groups is 1. The molecule has 1 aliphatic rings. The van der Waals surface area contributed by atoms with Gasteiger partial charge in [0.15, 0.2) is 0 Å². The second-order valence-corrected chi connectivity index (χ2v) is 4.62. The van der Waals surface area contributed by atoms with E-state index in [1.807, 2.05) is 6.92 Å². The van der Waals surface area contributed by atoms with Gasteiger partial charge in [0, 0.05) is 0 Å². The average Bonchev–Trinajstić information content (AvgIpc) is 3.03. The summed E-state index contributed by atoms with van der Waals surface area (Å²) in [5, 5.41) is 0. The number of ether oxygens (including phenoxy) is 1. The number of rotatable bonds is 3. The molecule has 86 valence electrons. The Bertz CT molecular complexity index is 417. The molecule has 2 heteroatoms. The summed E-state index contributed by atoms with van der Waals surface area (Å²) in [6.07, 6.45) is 1.85. The molecular formula is C14H18O2. The van der Waals surface area contributed by atoms with Crippen LogP contribution in [0.2, 0.25) is 0 Å². The highest BCUT2D eigenvalue weighted by Gasteiger charge is 2.53. The molecule has 0 unspecified atom stereocenters. The van der Waals surface area contributed by atoms with Crippen LogP contribution in [-0.2, 0) is 14.9 Å². The predicted molar refractivity (Wildman–Crippen MR) is 63.5 cm³/mol. The normalized spacial score (nSPS) is 16.9. The lowest BCUT2D eigenvalue weighted by molar-refractivity contribution is -0.146. The smallest absolute Gasteiger partial charge is 0.316 e. The van der Waals surface area contributed by atoms with Gasteiger partial charge in [0.05, 0.1) is 12.0 Å². The molecule has 2 rings (SSSR count). The standard InChI is InChI=1S/C14H18O2/c1-4-16-13(15)14(7-8-14)12-9-10(2)5-6-11(12)3/h5-6,9H,4,7-8H2,1-3H3. The molecule has 1 aromatic carbocycles. The summed E-state index contributed by atoms with van der Waals surface area (Å²) in [5.41, 5.74) is 3.23. The molecule has 0 bridgehead atoms. The molecule has 0 aliphatic heterocycles. The van der Waals surface area contributed by atoms with Gasteiger partial charge in [0.1, 0.15) is 0 Å². The number of hydrogen-bond acceptors (Lipinski definition) is 2. The van der Waals surface area contributed by atoms with Crippen LogP contribution < -0.4 is 0 Å². The van der Waals surface area contributed by atoms with E-state index in [0.717, 1.165) is 18.4 Å². The first kappa shape index (κ1) is 11.2. The van der Waals surface area contributed by atoms with E-state index in [2.05, 4.69) is 32.0 Å². The van der Waals surface area contributed by atoms with Crippen LogP contribution in [-0.4, -0.2) is 12.6 Å². The van der Waals surface area contributed by atoms with E-state index in [0.29, 0.717) is 6.61 Å². The van der Waals surface area contributed by atoms with E-state index in [9.17, 15) is 4.79 Å². The van der Waals surface area contributed by atoms with Crippen molar-refractivity contribution in [1.82, 2.24) is 0 Å². The first-order valence-electron chi connectivity index (χ1n) is 5.85. The third-order valence-corrected chi connectivity index (χ3v) is 3.32. The summed E-state index contributed by atoms with van der Waals surface area (Å²) in [4.78, 5) is 12.0. The van der Waals surface area contributed by atoms with Gasteiger partial charge in [0.25, 0.3) is 0 Å². The molecule has 0 amide bonds. The van der Waals surface area contributed by atoms with Crippen LogP contribution in [0.25, 0.3) is 0 Å². The maximum Gasteiger partial charge on any atom is 0.316 e. The van der Waals surface area contributed by atoms with Gasteiger partial charge in [-0.1, -0.05) is 23.8 Å². The summed E-state index contributed by atoms with van der Waals surface area (Å²) in [6.45, 7) is 6.45. The van der Waals surface area contributed by atoms with E-state index in [1.165, 1.54) is 11.1 Å². The molecule has 1 aliphatic carbocycles. The van der Waals surface area contributed by atoms with Crippen LogP contribution in [0.3, 0.4) is 0 Å². The third-order valence-electron chi connectivity index (χ3n) is 3.32. The van der Waals surface area contributed by atoms with Gasteiger partial charge in [-0.3, -0.25) is 4.79 Å². The van der Waals surface area contributed by atoms with E-state index in [-0.39, 0.29) is 11.4 Å². The minimum Gasteiger partial charge on any atom is -0.465 e. The summed E-state index contributed by atoms with van der Waals surface area (Å²) in [5.74, 6) is -0.0521. The van der Waals surface area contributed by atoms with Crippen LogP contribution in [0.5, 0.6) is 0 Å². The van der Waals surface area contributed by atoms with E-state index < -0.39 is 0 Å². The van der Waals surface area contributed by atoms with Crippen LogP contribution in [0.4, 0.5) is 0 Å². The quantitative estimate of drug-likeness (QED) is 0.729. The first-order valence-corrected chi connectivity index (χ1v) is 5.85. The molecular weight excluding hydrogens is 200 g/mol. The number of benzene rings is 1. The van der Waals surface area contributed by atoms with Crippen LogP contribution in [0.1, 0.15) is 36.5 Å². The first-order chi connectivity index (χ1) is 7.60. The van der Waals surface area contributed by atoms with Crippen molar-refractivity contribution in [2.45, 2.75) is 39.0 Å². The van der Waals surface area contributed by atoms with Crippen molar-refractivity contribution < 1.29 is 9.53 Å². The van der Waals surface area contributed by atoms with Crippen molar-refractivity contribution in [3.63, 3.8) is 0 Å². The second kappa shape index (κ2) is 3.93. The molecule has 0 saturated heterocycles. The molecule has 1 fully saturated rings. The minimum atomic E-state index is -0.327. The Labute approximate surface area is 96.6 Å². The van der Waals surface area contributed by atoms with Crippen LogP contribution in [0.15, 0.2) is 18.2 Å². The van der Waals surface area contributed by atoms with Gasteiger partial charge in [-0.25, -0.2) is 0 Å². The number of esters is 1. The zero-order valence-corrected chi connectivity index (χ0v) is 10.2. The Hall–Kier alpha value is -1.31. The Kier molecular flexibility index (Phi) is 2.75. The number of hydrogen-bond donors (Lipinski definition) is 0. The van der Waals surface area contributed by atoms with Crippen LogP contribution >= 0.6 is 0 Å². The lowest BCUT2D eigenvalue weighted by Gasteiger charge is -2.17. The average molecular weight is 218 g/mol. The van der Waals surface area contributed by atoms with Gasteiger partial charge >= 0.3 is 5.97 Å². The Morgan fingerprint density at radius 2 is 2.06 bits per heavy atom. The predicted octanol–water partition coefficient (Wildman–Crippen LogP) is 2.90. The number of aryl methyl sites for hydroxylation is 2. The molecule has 2 nitrogen and oxygen atoms in total. The summed E-state index contributed by atoms with van der Waals surface area (Å²) in [6, 6.07) is 6.29. The largest absolute Gasteiger partial charge is 0.465 e. The number of carbonyl (C=O) groups excluding carboxylic acids is 1. The second-order valence-electron chi connectivity index (χ2n) is 4.62. The Balaban J connectivity index is 2.36. The molecule has 0 heterocycles. The lowest BCUT2D eigenvalue weighted by atomic mass is 9.90.